The van der Waals surface area contributed by atoms with E-state index in [1.54, 1.807) is 30.0 Å². The molecule has 0 saturated heterocycles. The van der Waals surface area contributed by atoms with Crippen molar-refractivity contribution in [3.63, 3.8) is 0 Å². The molecule has 0 bridgehead atoms. The topological polar surface area (TPSA) is 64.1 Å². The van der Waals surface area contributed by atoms with Gasteiger partial charge in [0.05, 0.1) is 0 Å². The van der Waals surface area contributed by atoms with E-state index in [4.69, 9.17) is 4.74 Å². The Kier molecular flexibility index (Phi) is 6.74. The average Bonchev–Trinajstić information content (AvgIpc) is 3.25. The minimum absolute atomic E-state index is 0.240. The van der Waals surface area contributed by atoms with Crippen molar-refractivity contribution < 1.29 is 9.53 Å². The number of nitrogens with one attached hydrogen (secondary N) is 1. The third-order valence-electron chi connectivity index (χ3n) is 4.18. The minimum Gasteiger partial charge on any atom is -0.489 e. The molecule has 1 aromatic heterocycles. The van der Waals surface area contributed by atoms with E-state index in [0.717, 1.165) is 15.7 Å². The molecular formula is C23H19N3O2S2. The molecule has 7 heteroatoms. The minimum atomic E-state index is -0.240. The van der Waals surface area contributed by atoms with Crippen molar-refractivity contribution in [2.45, 2.75) is 16.7 Å². The summed E-state index contributed by atoms with van der Waals surface area (Å²) in [5.74, 6) is 1.21. The van der Waals surface area contributed by atoms with Crippen LogP contribution < -0.4 is 10.1 Å². The number of ether oxygens (including phenoxy) is 1. The number of rotatable bonds is 8. The maximum absolute atomic E-state index is 12.6. The van der Waals surface area contributed by atoms with Crippen molar-refractivity contribution in [3.05, 3.63) is 102 Å². The van der Waals surface area contributed by atoms with Gasteiger partial charge in [0.15, 0.2) is 4.34 Å². The third kappa shape index (κ3) is 5.68. The molecule has 0 unspecified atom stereocenters. The predicted molar refractivity (Wildman–Crippen MR) is 121 cm³/mol. The van der Waals surface area contributed by atoms with Crippen LogP contribution in [0, 0.1) is 0 Å². The summed E-state index contributed by atoms with van der Waals surface area (Å²) < 4.78 is 6.62. The van der Waals surface area contributed by atoms with Gasteiger partial charge in [-0.25, -0.2) is 0 Å². The molecule has 0 saturated carbocycles. The van der Waals surface area contributed by atoms with Crippen molar-refractivity contribution in [2.75, 3.05) is 5.32 Å². The van der Waals surface area contributed by atoms with Gasteiger partial charge in [-0.05, 0) is 29.3 Å². The average molecular weight is 434 g/mol. The predicted octanol–water partition coefficient (Wildman–Crippen LogP) is 5.66. The molecule has 0 aliphatic heterocycles. The van der Waals surface area contributed by atoms with Crippen LogP contribution >= 0.6 is 23.1 Å². The van der Waals surface area contributed by atoms with Crippen molar-refractivity contribution in [3.8, 4) is 5.75 Å². The zero-order chi connectivity index (χ0) is 20.6. The third-order valence-corrected chi connectivity index (χ3v) is 6.22. The standard InChI is InChI=1S/C23H19N3O2S2/c27-21(19-12-7-13-20(14-19)28-15-17-8-3-1-4-9-17)24-22-25-26-23(30-22)29-16-18-10-5-2-6-11-18/h1-14H,15-16H2,(H,24,25,27). The summed E-state index contributed by atoms with van der Waals surface area (Å²) in [4.78, 5) is 12.6. The van der Waals surface area contributed by atoms with Crippen molar-refractivity contribution >= 4 is 34.1 Å². The van der Waals surface area contributed by atoms with Gasteiger partial charge in [-0.15, -0.1) is 10.2 Å². The summed E-state index contributed by atoms with van der Waals surface area (Å²) in [7, 11) is 0. The van der Waals surface area contributed by atoms with E-state index in [1.165, 1.54) is 16.9 Å². The highest BCUT2D eigenvalue weighted by Gasteiger charge is 2.12. The fourth-order valence-electron chi connectivity index (χ4n) is 2.68. The van der Waals surface area contributed by atoms with Gasteiger partial charge < -0.3 is 4.74 Å². The smallest absolute Gasteiger partial charge is 0.257 e. The lowest BCUT2D eigenvalue weighted by atomic mass is 10.2. The SMILES string of the molecule is O=C(Nc1nnc(SCc2ccccc2)s1)c1cccc(OCc2ccccc2)c1. The number of anilines is 1. The first-order chi connectivity index (χ1) is 14.8. The van der Waals surface area contributed by atoms with Crippen LogP contribution in [0.15, 0.2) is 89.3 Å². The molecule has 1 heterocycles. The molecule has 4 aromatic rings. The number of benzene rings is 3. The Balaban J connectivity index is 1.33. The molecule has 4 rings (SSSR count). The number of carbonyl (C=O) groups is 1. The summed E-state index contributed by atoms with van der Waals surface area (Å²) in [6, 6.07) is 27.2. The lowest BCUT2D eigenvalue weighted by Crippen LogP contribution is -2.11. The number of hydrogen-bond donors (Lipinski definition) is 1. The maximum atomic E-state index is 12.6. The van der Waals surface area contributed by atoms with Gasteiger partial charge >= 0.3 is 0 Å². The van der Waals surface area contributed by atoms with Gasteiger partial charge in [0, 0.05) is 11.3 Å². The number of amides is 1. The van der Waals surface area contributed by atoms with Crippen molar-refractivity contribution in [1.82, 2.24) is 10.2 Å². The lowest BCUT2D eigenvalue weighted by Gasteiger charge is -2.08. The van der Waals surface area contributed by atoms with Crippen LogP contribution in [-0.4, -0.2) is 16.1 Å². The number of thioether (sulfide) groups is 1. The van der Waals surface area contributed by atoms with Crippen LogP contribution in [0.2, 0.25) is 0 Å². The van der Waals surface area contributed by atoms with Crippen LogP contribution in [0.4, 0.5) is 5.13 Å². The first kappa shape index (κ1) is 20.1. The second-order valence-electron chi connectivity index (χ2n) is 6.40. The summed E-state index contributed by atoms with van der Waals surface area (Å²) in [6.45, 7) is 0.449. The molecule has 0 aliphatic rings. The van der Waals surface area contributed by atoms with Gasteiger partial charge in [-0.2, -0.15) is 0 Å². The normalized spacial score (nSPS) is 10.5. The van der Waals surface area contributed by atoms with Crippen LogP contribution in [0.25, 0.3) is 0 Å². The Hall–Kier alpha value is -3.16. The molecule has 30 heavy (non-hydrogen) atoms. The second-order valence-corrected chi connectivity index (χ2v) is 8.60. The molecule has 0 fully saturated rings. The summed E-state index contributed by atoms with van der Waals surface area (Å²) in [6.07, 6.45) is 0. The van der Waals surface area contributed by atoms with Gasteiger partial charge in [0.1, 0.15) is 12.4 Å². The van der Waals surface area contributed by atoms with E-state index in [2.05, 4.69) is 27.6 Å². The second kappa shape index (κ2) is 10.0. The summed E-state index contributed by atoms with van der Waals surface area (Å²) in [5, 5.41) is 11.5. The molecule has 1 N–H and O–H groups in total. The quantitative estimate of drug-likeness (QED) is 0.287. The van der Waals surface area contributed by atoms with E-state index in [1.807, 2.05) is 54.6 Å². The summed E-state index contributed by atoms with van der Waals surface area (Å²) in [5.41, 5.74) is 2.80. The molecule has 3 aromatic carbocycles. The number of nitrogens with zero attached hydrogens (tertiary/aromatic N) is 2. The van der Waals surface area contributed by atoms with E-state index >= 15 is 0 Å². The first-order valence-corrected chi connectivity index (χ1v) is 11.1. The molecule has 0 spiro atoms. The van der Waals surface area contributed by atoms with Crippen LogP contribution in [-0.2, 0) is 12.4 Å². The Morgan fingerprint density at radius 1 is 0.900 bits per heavy atom. The van der Waals surface area contributed by atoms with E-state index in [9.17, 15) is 4.79 Å². The fraction of sp³-hybridized carbons (Fsp3) is 0.0870. The fourth-order valence-corrected chi connectivity index (χ4v) is 4.38. The zero-order valence-corrected chi connectivity index (χ0v) is 17.7. The zero-order valence-electron chi connectivity index (χ0n) is 16.0. The summed E-state index contributed by atoms with van der Waals surface area (Å²) >= 11 is 2.96. The van der Waals surface area contributed by atoms with E-state index in [-0.39, 0.29) is 5.91 Å². The largest absolute Gasteiger partial charge is 0.489 e. The number of aromatic nitrogens is 2. The molecule has 1 amide bonds. The highest BCUT2D eigenvalue weighted by molar-refractivity contribution is 8.00. The molecule has 0 atom stereocenters. The van der Waals surface area contributed by atoms with Gasteiger partial charge in [0.25, 0.3) is 5.91 Å². The van der Waals surface area contributed by atoms with Crippen LogP contribution in [0.5, 0.6) is 5.75 Å². The van der Waals surface area contributed by atoms with Crippen LogP contribution in [0.3, 0.4) is 0 Å². The molecule has 150 valence electrons. The molecule has 5 nitrogen and oxygen atoms in total. The maximum Gasteiger partial charge on any atom is 0.257 e. The van der Waals surface area contributed by atoms with Gasteiger partial charge in [-0.1, -0.05) is 89.8 Å². The van der Waals surface area contributed by atoms with Crippen molar-refractivity contribution in [2.24, 2.45) is 0 Å². The Bertz CT molecular complexity index is 1100. The van der Waals surface area contributed by atoms with E-state index < -0.39 is 0 Å². The van der Waals surface area contributed by atoms with Crippen LogP contribution in [0.1, 0.15) is 21.5 Å². The van der Waals surface area contributed by atoms with Gasteiger partial charge in [0.2, 0.25) is 5.13 Å². The molecule has 0 aliphatic carbocycles. The highest BCUT2D eigenvalue weighted by atomic mass is 32.2. The Morgan fingerprint density at radius 3 is 2.40 bits per heavy atom. The van der Waals surface area contributed by atoms with E-state index in [0.29, 0.717) is 23.1 Å². The van der Waals surface area contributed by atoms with Crippen molar-refractivity contribution in [1.29, 1.82) is 0 Å². The Labute approximate surface area is 183 Å². The number of hydrogen-bond acceptors (Lipinski definition) is 6. The Morgan fingerprint density at radius 2 is 1.63 bits per heavy atom. The molecule has 0 radical (unpaired) electrons. The van der Waals surface area contributed by atoms with Gasteiger partial charge in [-0.3, -0.25) is 10.1 Å². The number of carbonyl (C=O) groups excluding carboxylic acids is 1. The molecular weight excluding hydrogens is 414 g/mol. The lowest BCUT2D eigenvalue weighted by molar-refractivity contribution is 0.102. The monoisotopic (exact) mass is 433 g/mol. The first-order valence-electron chi connectivity index (χ1n) is 9.35. The highest BCUT2D eigenvalue weighted by Crippen LogP contribution is 2.28.